The third-order valence-electron chi connectivity index (χ3n) is 7.32. The third kappa shape index (κ3) is 8.77. The number of piperazine rings is 1. The van der Waals surface area contributed by atoms with E-state index in [0.717, 1.165) is 52.1 Å². The van der Waals surface area contributed by atoms with Gasteiger partial charge >= 0.3 is 24.3 Å². The van der Waals surface area contributed by atoms with Crippen molar-refractivity contribution in [3.63, 3.8) is 0 Å². The van der Waals surface area contributed by atoms with E-state index in [1.807, 2.05) is 14.1 Å². The Kier molecular flexibility index (Phi) is 11.5. The van der Waals surface area contributed by atoms with Crippen LogP contribution in [-0.2, 0) is 19.8 Å². The number of carboxylic acid groups (broad SMARTS) is 2. The van der Waals surface area contributed by atoms with Gasteiger partial charge in [0, 0.05) is 45.7 Å². The molecule has 2 aliphatic heterocycles. The number of carboxylic acids is 2. The summed E-state index contributed by atoms with van der Waals surface area (Å²) < 4.78 is 63.5. The number of likely N-dealkylation sites (N-methyl/N-ethyl adjacent to an activating group) is 1. The highest BCUT2D eigenvalue weighted by molar-refractivity contribution is 5.77. The van der Waals surface area contributed by atoms with Crippen molar-refractivity contribution in [2.45, 2.75) is 42.8 Å². The number of benzene rings is 1. The Bertz CT molecular complexity index is 1030. The van der Waals surface area contributed by atoms with E-state index in [1.165, 1.54) is 11.1 Å². The minimum absolute atomic E-state index is 0.0750. The first kappa shape index (κ1) is 34.3. The van der Waals surface area contributed by atoms with E-state index in [2.05, 4.69) is 39.4 Å². The fraction of sp³-hybridized carbons (Fsp3) is 0.640. The number of rotatable bonds is 3. The monoisotopic (exact) mass is 600 g/mol. The number of nitrogens with zero attached hydrogens (tertiary/aromatic N) is 3. The van der Waals surface area contributed by atoms with Gasteiger partial charge in [-0.15, -0.1) is 0 Å². The summed E-state index contributed by atoms with van der Waals surface area (Å²) in [6.07, 6.45) is -8.52. The van der Waals surface area contributed by atoms with Crippen molar-refractivity contribution in [3.05, 3.63) is 35.4 Å². The first-order valence-corrected chi connectivity index (χ1v) is 12.7. The Labute approximate surface area is 232 Å². The predicted molar refractivity (Wildman–Crippen MR) is 133 cm³/mol. The number of halogens is 6. The van der Waals surface area contributed by atoms with Crippen LogP contribution in [0.15, 0.2) is 24.3 Å². The number of carbonyl (C=O) groups excluding carboxylic acids is 1. The van der Waals surface area contributed by atoms with Gasteiger partial charge in [-0.2, -0.15) is 26.3 Å². The van der Waals surface area contributed by atoms with Gasteiger partial charge in [0.15, 0.2) is 0 Å². The van der Waals surface area contributed by atoms with Crippen LogP contribution in [0, 0.1) is 0 Å². The average Bonchev–Trinajstić information content (AvgIpc) is 3.12. The molecule has 232 valence electrons. The van der Waals surface area contributed by atoms with Gasteiger partial charge in [0.25, 0.3) is 0 Å². The predicted octanol–water partition coefficient (Wildman–Crippen LogP) is 1.70. The smallest absolute Gasteiger partial charge is 0.475 e. The Morgan fingerprint density at radius 3 is 1.83 bits per heavy atom. The van der Waals surface area contributed by atoms with Crippen LogP contribution in [-0.4, -0.2) is 126 Å². The second kappa shape index (κ2) is 13.8. The van der Waals surface area contributed by atoms with Gasteiger partial charge in [-0.25, -0.2) is 9.59 Å². The lowest BCUT2D eigenvalue weighted by molar-refractivity contribution is -0.193. The van der Waals surface area contributed by atoms with Crippen molar-refractivity contribution in [3.8, 4) is 0 Å². The summed E-state index contributed by atoms with van der Waals surface area (Å²) in [7, 11) is 3.62. The molecule has 0 aromatic heterocycles. The molecule has 2 heterocycles. The second-order valence-electron chi connectivity index (χ2n) is 10.1. The molecule has 0 saturated carbocycles. The molecule has 1 aliphatic carbocycles. The number of fused-ring (bicyclic) bond motifs is 2. The summed E-state index contributed by atoms with van der Waals surface area (Å²) in [6, 6.07) is 8.73. The molecule has 1 spiro atoms. The zero-order chi connectivity index (χ0) is 31.2. The molecule has 0 radical (unpaired) electrons. The van der Waals surface area contributed by atoms with Gasteiger partial charge in [0.1, 0.15) is 0 Å². The van der Waals surface area contributed by atoms with Gasteiger partial charge in [-0.1, -0.05) is 24.3 Å². The van der Waals surface area contributed by atoms with Crippen molar-refractivity contribution >= 4 is 17.8 Å². The molecule has 1 aromatic carbocycles. The van der Waals surface area contributed by atoms with Crippen molar-refractivity contribution in [1.82, 2.24) is 20.0 Å². The molecule has 2 atom stereocenters. The SMILES string of the molecule is CN(C)C(=O)CN1CCN([C@@H]2c3ccccc3C3(CCNCC3)[C@H]2O)CC1.O=C(O)C(F)(F)F.O=C(O)C(F)(F)F. The minimum Gasteiger partial charge on any atom is -0.475 e. The molecule has 1 aromatic rings. The summed E-state index contributed by atoms with van der Waals surface area (Å²) in [6.45, 7) is 5.96. The first-order chi connectivity index (χ1) is 18.9. The van der Waals surface area contributed by atoms with E-state index in [-0.39, 0.29) is 23.5 Å². The molecular weight excluding hydrogens is 566 g/mol. The zero-order valence-electron chi connectivity index (χ0n) is 22.5. The quantitative estimate of drug-likeness (QED) is 0.383. The van der Waals surface area contributed by atoms with E-state index in [9.17, 15) is 36.2 Å². The molecule has 16 heteroatoms. The molecule has 1 amide bonds. The third-order valence-corrected chi connectivity index (χ3v) is 7.32. The highest BCUT2D eigenvalue weighted by Gasteiger charge is 2.53. The van der Waals surface area contributed by atoms with E-state index >= 15 is 0 Å². The summed E-state index contributed by atoms with van der Waals surface area (Å²) in [4.78, 5) is 36.1. The van der Waals surface area contributed by atoms with Crippen LogP contribution in [0.5, 0.6) is 0 Å². The lowest BCUT2D eigenvalue weighted by Crippen LogP contribution is -2.53. The van der Waals surface area contributed by atoms with E-state index < -0.39 is 24.3 Å². The lowest BCUT2D eigenvalue weighted by atomic mass is 9.72. The number of carbonyl (C=O) groups is 3. The summed E-state index contributed by atoms with van der Waals surface area (Å²) in [5.41, 5.74) is 2.56. The minimum atomic E-state index is -5.08. The number of piperidine rings is 1. The van der Waals surface area contributed by atoms with Crippen LogP contribution < -0.4 is 5.32 Å². The summed E-state index contributed by atoms with van der Waals surface area (Å²) >= 11 is 0. The fourth-order valence-corrected chi connectivity index (χ4v) is 5.21. The van der Waals surface area contributed by atoms with Gasteiger partial charge in [-0.3, -0.25) is 14.6 Å². The van der Waals surface area contributed by atoms with Gasteiger partial charge in [-0.05, 0) is 37.1 Å². The van der Waals surface area contributed by atoms with Crippen molar-refractivity contribution < 1.29 is 56.0 Å². The Morgan fingerprint density at radius 1 is 0.927 bits per heavy atom. The van der Waals surface area contributed by atoms with Crippen LogP contribution >= 0.6 is 0 Å². The molecule has 4 rings (SSSR count). The molecule has 41 heavy (non-hydrogen) atoms. The average molecular weight is 601 g/mol. The first-order valence-electron chi connectivity index (χ1n) is 12.7. The number of aliphatic hydroxyl groups excluding tert-OH is 1. The summed E-state index contributed by atoms with van der Waals surface area (Å²) in [5.74, 6) is -5.36. The van der Waals surface area contributed by atoms with Crippen LogP contribution in [0.2, 0.25) is 0 Å². The van der Waals surface area contributed by atoms with Gasteiger partial charge in [0.05, 0.1) is 18.7 Å². The number of aliphatic hydroxyl groups is 1. The molecule has 2 fully saturated rings. The van der Waals surface area contributed by atoms with Gasteiger partial charge < -0.3 is 25.5 Å². The molecular formula is C25H34F6N4O6. The van der Waals surface area contributed by atoms with E-state index in [1.54, 1.807) is 4.90 Å². The van der Waals surface area contributed by atoms with Crippen LogP contribution in [0.25, 0.3) is 0 Å². The maximum Gasteiger partial charge on any atom is 0.490 e. The number of nitrogens with one attached hydrogen (secondary N) is 1. The Morgan fingerprint density at radius 2 is 1.39 bits per heavy atom. The maximum absolute atomic E-state index is 12.0. The number of aliphatic carboxylic acids is 2. The number of amides is 1. The highest BCUT2D eigenvalue weighted by Crippen LogP contribution is 2.52. The fourth-order valence-electron chi connectivity index (χ4n) is 5.21. The molecule has 2 saturated heterocycles. The van der Waals surface area contributed by atoms with Crippen LogP contribution in [0.3, 0.4) is 0 Å². The molecule has 0 bridgehead atoms. The number of hydrogen-bond donors (Lipinski definition) is 4. The maximum atomic E-state index is 12.0. The zero-order valence-corrected chi connectivity index (χ0v) is 22.5. The second-order valence-corrected chi connectivity index (χ2v) is 10.1. The normalized spacial score (nSPS) is 22.5. The van der Waals surface area contributed by atoms with Gasteiger partial charge in [0.2, 0.25) is 5.91 Å². The van der Waals surface area contributed by atoms with Crippen LogP contribution in [0.1, 0.15) is 30.0 Å². The molecule has 4 N–H and O–H groups in total. The van der Waals surface area contributed by atoms with E-state index in [0.29, 0.717) is 6.54 Å². The van der Waals surface area contributed by atoms with Crippen molar-refractivity contribution in [1.29, 1.82) is 0 Å². The van der Waals surface area contributed by atoms with Crippen molar-refractivity contribution in [2.75, 3.05) is 59.9 Å². The molecule has 3 aliphatic rings. The number of hydrogen-bond acceptors (Lipinski definition) is 7. The topological polar surface area (TPSA) is 134 Å². The van der Waals surface area contributed by atoms with Crippen molar-refractivity contribution in [2.24, 2.45) is 0 Å². The Hall–Kier alpha value is -2.95. The molecule has 10 nitrogen and oxygen atoms in total. The molecule has 0 unspecified atom stereocenters. The highest BCUT2D eigenvalue weighted by atomic mass is 19.4. The largest absolute Gasteiger partial charge is 0.490 e. The van der Waals surface area contributed by atoms with E-state index in [4.69, 9.17) is 19.8 Å². The van der Waals surface area contributed by atoms with Crippen LogP contribution in [0.4, 0.5) is 26.3 Å². The number of alkyl halides is 6. The lowest BCUT2D eigenvalue weighted by Gasteiger charge is -2.43. The standard InChI is InChI=1S/C21H32N4O2.2C2HF3O2/c1-23(2)18(26)15-24-11-13-25(14-12-24)19-16-5-3-4-6-17(16)21(20(19)27)7-9-22-10-8-21;2*3-2(4,5)1(6)7/h3-6,19-20,22,27H,7-15H2,1-2H3;2*(H,6,7)/t19-,20+;;/m1../s1. The Balaban J connectivity index is 0.000000349. The summed E-state index contributed by atoms with van der Waals surface area (Å²) in [5, 5.41) is 29.2.